The van der Waals surface area contributed by atoms with Crippen LogP contribution in [0, 0.1) is 0 Å². The molecule has 1 atom stereocenters. The van der Waals surface area contributed by atoms with E-state index in [1.165, 1.54) is 0 Å². The van der Waals surface area contributed by atoms with E-state index in [1.807, 2.05) is 24.3 Å². The van der Waals surface area contributed by atoms with Crippen molar-refractivity contribution in [3.63, 3.8) is 0 Å². The van der Waals surface area contributed by atoms with E-state index in [0.29, 0.717) is 19.4 Å². The third-order valence-corrected chi connectivity index (χ3v) is 3.27. The van der Waals surface area contributed by atoms with Crippen LogP contribution in [-0.4, -0.2) is 19.7 Å². The van der Waals surface area contributed by atoms with E-state index in [-0.39, 0.29) is 5.97 Å². The second kappa shape index (κ2) is 4.62. The Hall–Kier alpha value is -1.77. The van der Waals surface area contributed by atoms with Crippen LogP contribution in [0.3, 0.4) is 0 Å². The van der Waals surface area contributed by atoms with E-state index in [1.54, 1.807) is 13.2 Å². The van der Waals surface area contributed by atoms with Gasteiger partial charge < -0.3 is 9.47 Å². The van der Waals surface area contributed by atoms with Crippen LogP contribution >= 0.6 is 0 Å². The van der Waals surface area contributed by atoms with Gasteiger partial charge in [-0.2, -0.15) is 0 Å². The van der Waals surface area contributed by atoms with Crippen molar-refractivity contribution in [2.45, 2.75) is 18.3 Å². The molecule has 1 fully saturated rings. The van der Waals surface area contributed by atoms with Crippen molar-refractivity contribution >= 4 is 5.97 Å². The van der Waals surface area contributed by atoms with Crippen LogP contribution in [0.15, 0.2) is 36.9 Å². The molecule has 1 aromatic carbocycles. The second-order valence-corrected chi connectivity index (χ2v) is 4.19. The van der Waals surface area contributed by atoms with Gasteiger partial charge in [0.05, 0.1) is 19.1 Å². The summed E-state index contributed by atoms with van der Waals surface area (Å²) in [5.74, 6) is 0.594. The molecular formula is C14H16O3. The number of hydrogen-bond acceptors (Lipinski definition) is 3. The molecule has 1 aromatic rings. The summed E-state index contributed by atoms with van der Waals surface area (Å²) >= 11 is 0. The summed E-state index contributed by atoms with van der Waals surface area (Å²) in [6.45, 7) is 4.21. The van der Waals surface area contributed by atoms with E-state index in [2.05, 4.69) is 6.58 Å². The Bertz CT molecular complexity index is 439. The Labute approximate surface area is 101 Å². The molecular weight excluding hydrogens is 216 g/mol. The highest BCUT2D eigenvalue weighted by molar-refractivity contribution is 5.85. The van der Waals surface area contributed by atoms with Gasteiger partial charge in [-0.15, -0.1) is 6.58 Å². The zero-order valence-electron chi connectivity index (χ0n) is 9.94. The molecule has 1 heterocycles. The monoisotopic (exact) mass is 232 g/mol. The predicted molar refractivity (Wildman–Crippen MR) is 65.1 cm³/mol. The fourth-order valence-corrected chi connectivity index (χ4v) is 2.29. The highest BCUT2D eigenvalue weighted by atomic mass is 16.5. The number of rotatable bonds is 4. The van der Waals surface area contributed by atoms with Gasteiger partial charge in [-0.25, -0.2) is 0 Å². The number of benzene rings is 1. The number of esters is 1. The molecule has 0 N–H and O–H groups in total. The second-order valence-electron chi connectivity index (χ2n) is 4.19. The normalized spacial score (nSPS) is 23.2. The van der Waals surface area contributed by atoms with Crippen LogP contribution in [-0.2, 0) is 14.9 Å². The lowest BCUT2D eigenvalue weighted by atomic mass is 9.76. The first kappa shape index (κ1) is 11.7. The Balaban J connectivity index is 2.45. The number of cyclic esters (lactones) is 1. The van der Waals surface area contributed by atoms with Crippen molar-refractivity contribution in [3.05, 3.63) is 42.5 Å². The van der Waals surface area contributed by atoms with Crippen molar-refractivity contribution in [2.24, 2.45) is 0 Å². The van der Waals surface area contributed by atoms with Crippen LogP contribution in [0.25, 0.3) is 0 Å². The van der Waals surface area contributed by atoms with Gasteiger partial charge in [-0.1, -0.05) is 18.2 Å². The molecule has 0 saturated carbocycles. The van der Waals surface area contributed by atoms with Crippen LogP contribution in [0.5, 0.6) is 5.75 Å². The average Bonchev–Trinajstić information content (AvgIpc) is 2.73. The summed E-state index contributed by atoms with van der Waals surface area (Å²) in [6.07, 6.45) is 3.07. The number of carbonyl (C=O) groups excluding carboxylic acids is 1. The molecule has 3 nitrogen and oxygen atoms in total. The van der Waals surface area contributed by atoms with Crippen molar-refractivity contribution in [2.75, 3.05) is 13.7 Å². The fourth-order valence-electron chi connectivity index (χ4n) is 2.29. The maximum atomic E-state index is 12.0. The smallest absolute Gasteiger partial charge is 0.317 e. The summed E-state index contributed by atoms with van der Waals surface area (Å²) in [5, 5.41) is 0. The third-order valence-electron chi connectivity index (χ3n) is 3.27. The molecule has 1 saturated heterocycles. The number of methoxy groups -OCH3 is 1. The standard InChI is InChI=1S/C14H16O3/c1-3-7-14(8-9-17-13(14)15)11-5-4-6-12(10-11)16-2/h3-6,10H,1,7-9H2,2H3. The van der Waals surface area contributed by atoms with Crippen molar-refractivity contribution in [1.29, 1.82) is 0 Å². The van der Waals surface area contributed by atoms with Crippen LogP contribution in [0.1, 0.15) is 18.4 Å². The summed E-state index contributed by atoms with van der Waals surface area (Å²) in [6, 6.07) is 7.60. The summed E-state index contributed by atoms with van der Waals surface area (Å²) in [5.41, 5.74) is 0.371. The number of carbonyl (C=O) groups is 1. The van der Waals surface area contributed by atoms with E-state index in [0.717, 1.165) is 11.3 Å². The van der Waals surface area contributed by atoms with Crippen molar-refractivity contribution < 1.29 is 14.3 Å². The minimum absolute atomic E-state index is 0.161. The molecule has 1 aliphatic rings. The van der Waals surface area contributed by atoms with Gasteiger partial charge in [0, 0.05) is 6.42 Å². The first-order chi connectivity index (χ1) is 8.23. The number of allylic oxidation sites excluding steroid dienone is 1. The molecule has 0 radical (unpaired) electrons. The van der Waals surface area contributed by atoms with Gasteiger partial charge in [0.2, 0.25) is 0 Å². The minimum atomic E-state index is -0.573. The molecule has 0 amide bonds. The maximum Gasteiger partial charge on any atom is 0.317 e. The van der Waals surface area contributed by atoms with Gasteiger partial charge in [0.15, 0.2) is 0 Å². The number of ether oxygens (including phenoxy) is 2. The lowest BCUT2D eigenvalue weighted by Crippen LogP contribution is -2.30. The highest BCUT2D eigenvalue weighted by Crippen LogP contribution is 2.39. The predicted octanol–water partition coefficient (Wildman–Crippen LogP) is 2.46. The lowest BCUT2D eigenvalue weighted by molar-refractivity contribution is -0.142. The maximum absolute atomic E-state index is 12.0. The number of hydrogen-bond donors (Lipinski definition) is 0. The van der Waals surface area contributed by atoms with Gasteiger partial charge in [0.25, 0.3) is 0 Å². The molecule has 1 unspecified atom stereocenters. The zero-order valence-corrected chi connectivity index (χ0v) is 9.94. The third kappa shape index (κ3) is 1.93. The first-order valence-corrected chi connectivity index (χ1v) is 5.65. The molecule has 1 aliphatic heterocycles. The first-order valence-electron chi connectivity index (χ1n) is 5.65. The largest absolute Gasteiger partial charge is 0.497 e. The summed E-state index contributed by atoms with van der Waals surface area (Å²) in [4.78, 5) is 12.0. The quantitative estimate of drug-likeness (QED) is 0.591. The molecule has 0 aromatic heterocycles. The van der Waals surface area contributed by atoms with Crippen molar-refractivity contribution in [1.82, 2.24) is 0 Å². The van der Waals surface area contributed by atoms with Crippen LogP contribution < -0.4 is 4.74 Å². The molecule has 0 aliphatic carbocycles. The Morgan fingerprint density at radius 2 is 2.41 bits per heavy atom. The topological polar surface area (TPSA) is 35.5 Å². The average molecular weight is 232 g/mol. The van der Waals surface area contributed by atoms with Gasteiger partial charge in [0.1, 0.15) is 5.75 Å². The zero-order chi connectivity index (χ0) is 12.3. The molecule has 17 heavy (non-hydrogen) atoms. The summed E-state index contributed by atoms with van der Waals surface area (Å²) in [7, 11) is 1.62. The van der Waals surface area contributed by atoms with Gasteiger partial charge in [-0.3, -0.25) is 4.79 Å². The van der Waals surface area contributed by atoms with E-state index >= 15 is 0 Å². The molecule has 3 heteroatoms. The molecule has 0 spiro atoms. The SMILES string of the molecule is C=CCC1(c2cccc(OC)c2)CCOC1=O. The van der Waals surface area contributed by atoms with E-state index < -0.39 is 5.41 Å². The minimum Gasteiger partial charge on any atom is -0.497 e. The highest BCUT2D eigenvalue weighted by Gasteiger charge is 2.45. The molecule has 90 valence electrons. The fraction of sp³-hybridized carbons (Fsp3) is 0.357. The Kier molecular flexibility index (Phi) is 3.18. The van der Waals surface area contributed by atoms with Gasteiger partial charge in [-0.05, 0) is 24.1 Å². The van der Waals surface area contributed by atoms with Crippen LogP contribution in [0.2, 0.25) is 0 Å². The van der Waals surface area contributed by atoms with Crippen molar-refractivity contribution in [3.8, 4) is 5.75 Å². The van der Waals surface area contributed by atoms with E-state index in [9.17, 15) is 4.79 Å². The Morgan fingerprint density at radius 1 is 1.59 bits per heavy atom. The van der Waals surface area contributed by atoms with E-state index in [4.69, 9.17) is 9.47 Å². The lowest BCUT2D eigenvalue weighted by Gasteiger charge is -2.23. The Morgan fingerprint density at radius 3 is 3.00 bits per heavy atom. The molecule has 2 rings (SSSR count). The summed E-state index contributed by atoms with van der Waals surface area (Å²) < 4.78 is 10.3. The van der Waals surface area contributed by atoms with Gasteiger partial charge >= 0.3 is 5.97 Å². The van der Waals surface area contributed by atoms with Crippen LogP contribution in [0.4, 0.5) is 0 Å². The molecule has 0 bridgehead atoms.